The van der Waals surface area contributed by atoms with Gasteiger partial charge in [-0.05, 0) is 64.2 Å². The molecular weight excluding hydrogens is 243 g/mol. The molecule has 0 aromatic carbocycles. The Labute approximate surface area is 116 Å². The third-order valence-electron chi connectivity index (χ3n) is 4.40. The molecule has 2 aliphatic carbocycles. The number of esters is 1. The summed E-state index contributed by atoms with van der Waals surface area (Å²) in [6.45, 7) is 7.71. The number of carbonyl (C=O) groups excluding carboxylic acids is 1. The number of halogens is 1. The van der Waals surface area contributed by atoms with Crippen molar-refractivity contribution >= 4 is 5.97 Å². The summed E-state index contributed by atoms with van der Waals surface area (Å²) in [6, 6.07) is 0. The molecule has 2 saturated carbocycles. The van der Waals surface area contributed by atoms with Crippen molar-refractivity contribution in [3.8, 4) is 0 Å². The van der Waals surface area contributed by atoms with Crippen molar-refractivity contribution in [3.63, 3.8) is 0 Å². The van der Waals surface area contributed by atoms with Gasteiger partial charge in [-0.2, -0.15) is 0 Å². The summed E-state index contributed by atoms with van der Waals surface area (Å²) in [5.74, 6) is 0.313. The molecule has 0 atom stereocenters. The summed E-state index contributed by atoms with van der Waals surface area (Å²) in [6.07, 6.45) is 5.60. The lowest BCUT2D eigenvalue weighted by atomic mass is 9.46. The molecule has 2 rings (SSSR count). The maximum Gasteiger partial charge on any atom is 0.306 e. The Kier molecular flexibility index (Phi) is 3.70. The van der Waals surface area contributed by atoms with Crippen molar-refractivity contribution in [2.75, 3.05) is 0 Å². The monoisotopic (exact) mass is 270 g/mol. The van der Waals surface area contributed by atoms with Gasteiger partial charge in [0.25, 0.3) is 0 Å². The molecule has 2 aliphatic rings. The minimum absolute atomic E-state index is 0.105. The van der Waals surface area contributed by atoms with Gasteiger partial charge >= 0.3 is 5.97 Å². The van der Waals surface area contributed by atoms with Crippen molar-refractivity contribution < 1.29 is 13.9 Å². The first kappa shape index (κ1) is 14.8. The summed E-state index contributed by atoms with van der Waals surface area (Å²) in [5.41, 5.74) is -1.06. The number of ether oxygens (including phenoxy) is 1. The van der Waals surface area contributed by atoms with Gasteiger partial charge in [-0.25, -0.2) is 4.39 Å². The molecule has 0 saturated heterocycles. The highest BCUT2D eigenvalue weighted by atomic mass is 19.1. The van der Waals surface area contributed by atoms with E-state index in [9.17, 15) is 9.18 Å². The zero-order valence-electron chi connectivity index (χ0n) is 12.7. The van der Waals surface area contributed by atoms with E-state index in [4.69, 9.17) is 4.74 Å². The molecule has 0 aromatic rings. The van der Waals surface area contributed by atoms with Crippen molar-refractivity contribution in [2.24, 2.45) is 11.3 Å². The van der Waals surface area contributed by atoms with E-state index in [2.05, 4.69) is 0 Å². The third-order valence-corrected chi connectivity index (χ3v) is 4.40. The molecule has 2 fully saturated rings. The Hall–Kier alpha value is -0.600. The smallest absolute Gasteiger partial charge is 0.306 e. The number of alkyl halides is 1. The minimum Gasteiger partial charge on any atom is -0.460 e. The summed E-state index contributed by atoms with van der Waals surface area (Å²) >= 11 is 0. The fourth-order valence-electron chi connectivity index (χ4n) is 4.13. The van der Waals surface area contributed by atoms with Crippen LogP contribution < -0.4 is 0 Å². The molecule has 0 bridgehead atoms. The van der Waals surface area contributed by atoms with Gasteiger partial charge in [-0.3, -0.25) is 4.79 Å². The molecule has 0 N–H and O–H groups in total. The van der Waals surface area contributed by atoms with E-state index >= 15 is 0 Å². The quantitative estimate of drug-likeness (QED) is 0.707. The lowest BCUT2D eigenvalue weighted by molar-refractivity contribution is -0.167. The summed E-state index contributed by atoms with van der Waals surface area (Å²) in [7, 11) is 0. The average molecular weight is 270 g/mol. The zero-order chi connectivity index (χ0) is 14.3. The van der Waals surface area contributed by atoms with Crippen molar-refractivity contribution in [1.29, 1.82) is 0 Å². The van der Waals surface area contributed by atoms with Gasteiger partial charge in [0.1, 0.15) is 11.3 Å². The van der Waals surface area contributed by atoms with Crippen LogP contribution in [0.25, 0.3) is 0 Å². The SMILES string of the molecule is CCCC1(F)CC2(CC(CC(=O)OC(C)(C)C)C2)C1. The highest BCUT2D eigenvalue weighted by molar-refractivity contribution is 5.70. The molecule has 0 heterocycles. The number of hydrogen-bond donors (Lipinski definition) is 0. The fraction of sp³-hybridized carbons (Fsp3) is 0.938. The molecule has 19 heavy (non-hydrogen) atoms. The van der Waals surface area contributed by atoms with Gasteiger partial charge < -0.3 is 4.74 Å². The minimum atomic E-state index is -0.897. The topological polar surface area (TPSA) is 26.3 Å². The molecule has 2 nitrogen and oxygen atoms in total. The first-order valence-electron chi connectivity index (χ1n) is 7.56. The van der Waals surface area contributed by atoms with Crippen LogP contribution in [0.1, 0.15) is 72.6 Å². The summed E-state index contributed by atoms with van der Waals surface area (Å²) in [4.78, 5) is 11.7. The highest BCUT2D eigenvalue weighted by Crippen LogP contribution is 2.65. The maximum absolute atomic E-state index is 14.1. The van der Waals surface area contributed by atoms with Crippen LogP contribution in [-0.2, 0) is 9.53 Å². The molecule has 3 heteroatoms. The maximum atomic E-state index is 14.1. The lowest BCUT2D eigenvalue weighted by Crippen LogP contribution is -2.55. The van der Waals surface area contributed by atoms with Gasteiger partial charge in [0.2, 0.25) is 0 Å². The predicted molar refractivity (Wildman–Crippen MR) is 73.6 cm³/mol. The average Bonchev–Trinajstić information content (AvgIpc) is 2.09. The van der Waals surface area contributed by atoms with E-state index in [0.717, 1.165) is 32.1 Å². The number of carbonyl (C=O) groups is 1. The molecular formula is C16H27FO2. The molecule has 0 amide bonds. The Morgan fingerprint density at radius 3 is 2.37 bits per heavy atom. The second-order valence-corrected chi connectivity index (χ2v) is 7.82. The highest BCUT2D eigenvalue weighted by Gasteiger charge is 2.60. The third kappa shape index (κ3) is 3.49. The molecule has 0 aromatic heterocycles. The van der Waals surface area contributed by atoms with Crippen molar-refractivity contribution in [1.82, 2.24) is 0 Å². The van der Waals surface area contributed by atoms with Crippen LogP contribution in [0.15, 0.2) is 0 Å². The van der Waals surface area contributed by atoms with Gasteiger partial charge in [-0.1, -0.05) is 13.3 Å². The van der Waals surface area contributed by atoms with Crippen LogP contribution in [0, 0.1) is 11.3 Å². The Morgan fingerprint density at radius 2 is 1.89 bits per heavy atom. The van der Waals surface area contributed by atoms with Gasteiger partial charge in [0.05, 0.1) is 0 Å². The Balaban J connectivity index is 1.69. The standard InChI is InChI=1S/C16H27FO2/c1-5-6-16(17)10-15(11-16)8-12(9-15)7-13(18)19-14(2,3)4/h12H,5-11H2,1-4H3. The van der Waals surface area contributed by atoms with Gasteiger partial charge in [0, 0.05) is 6.42 Å². The van der Waals surface area contributed by atoms with Crippen molar-refractivity contribution in [2.45, 2.75) is 83.9 Å². The van der Waals surface area contributed by atoms with E-state index in [1.54, 1.807) is 0 Å². The van der Waals surface area contributed by atoms with Crippen LogP contribution in [0.4, 0.5) is 4.39 Å². The molecule has 0 unspecified atom stereocenters. The van der Waals surface area contributed by atoms with Gasteiger partial charge in [-0.15, -0.1) is 0 Å². The second kappa shape index (κ2) is 4.75. The second-order valence-electron chi connectivity index (χ2n) is 7.82. The molecule has 110 valence electrons. The van der Waals surface area contributed by atoms with Crippen LogP contribution in [0.2, 0.25) is 0 Å². The lowest BCUT2D eigenvalue weighted by Gasteiger charge is -2.60. The van der Waals surface area contributed by atoms with Crippen LogP contribution in [0.3, 0.4) is 0 Å². The molecule has 0 aliphatic heterocycles. The summed E-state index contributed by atoms with van der Waals surface area (Å²) in [5, 5.41) is 0. The zero-order valence-corrected chi connectivity index (χ0v) is 12.7. The van der Waals surface area contributed by atoms with E-state index in [0.29, 0.717) is 18.8 Å². The molecule has 1 spiro atoms. The van der Waals surface area contributed by atoms with E-state index < -0.39 is 11.3 Å². The molecule has 0 radical (unpaired) electrons. The Morgan fingerprint density at radius 1 is 1.32 bits per heavy atom. The first-order chi connectivity index (χ1) is 8.65. The normalized spacial score (nSPS) is 37.6. The number of rotatable bonds is 4. The van der Waals surface area contributed by atoms with E-state index in [1.807, 2.05) is 27.7 Å². The summed E-state index contributed by atoms with van der Waals surface area (Å²) < 4.78 is 19.5. The largest absolute Gasteiger partial charge is 0.460 e. The fourth-order valence-corrected chi connectivity index (χ4v) is 4.13. The van der Waals surface area contributed by atoms with Gasteiger partial charge in [0.15, 0.2) is 0 Å². The van der Waals surface area contributed by atoms with Crippen molar-refractivity contribution in [3.05, 3.63) is 0 Å². The van der Waals surface area contributed by atoms with E-state index in [-0.39, 0.29) is 11.4 Å². The van der Waals surface area contributed by atoms with E-state index in [1.165, 1.54) is 0 Å². The Bertz CT molecular complexity index is 342. The number of hydrogen-bond acceptors (Lipinski definition) is 2. The van der Waals surface area contributed by atoms with Crippen LogP contribution in [-0.4, -0.2) is 17.2 Å². The van der Waals surface area contributed by atoms with Crippen LogP contribution in [0.5, 0.6) is 0 Å². The predicted octanol–water partition coefficient (Wildman–Crippen LogP) is 4.42. The first-order valence-corrected chi connectivity index (χ1v) is 7.56. The van der Waals surface area contributed by atoms with Crippen LogP contribution >= 0.6 is 0 Å².